The van der Waals surface area contributed by atoms with Gasteiger partial charge in [0, 0.05) is 28.3 Å². The lowest BCUT2D eigenvalue weighted by atomic mass is 10.1. The van der Waals surface area contributed by atoms with Crippen LogP contribution in [0.3, 0.4) is 0 Å². The molecular weight excluding hydrogens is 332 g/mol. The van der Waals surface area contributed by atoms with Crippen LogP contribution in [0.1, 0.15) is 30.9 Å². The first-order valence-corrected chi connectivity index (χ1v) is 7.90. The van der Waals surface area contributed by atoms with Gasteiger partial charge in [0.2, 0.25) is 5.91 Å². The van der Waals surface area contributed by atoms with E-state index in [4.69, 9.17) is 5.26 Å². The van der Waals surface area contributed by atoms with Crippen LogP contribution in [0, 0.1) is 11.3 Å². The Morgan fingerprint density at radius 2 is 2.29 bits per heavy atom. The molecule has 0 aromatic heterocycles. The lowest BCUT2D eigenvalue weighted by Crippen LogP contribution is -2.27. The summed E-state index contributed by atoms with van der Waals surface area (Å²) in [6.07, 6.45) is 2.84. The minimum atomic E-state index is -0.293. The fourth-order valence-corrected chi connectivity index (χ4v) is 3.42. The molecule has 1 saturated carbocycles. The highest BCUT2D eigenvalue weighted by Gasteiger charge is 2.34. The van der Waals surface area contributed by atoms with Crippen molar-refractivity contribution in [2.24, 2.45) is 0 Å². The Bertz CT molecular complexity index is 621. The molecule has 1 fully saturated rings. The SMILES string of the molecule is CNC1C(=O)Nc2cc(N(CCC#N)C3CC3)c(Br)cc21. The van der Waals surface area contributed by atoms with E-state index in [2.05, 4.69) is 37.5 Å². The van der Waals surface area contributed by atoms with Gasteiger partial charge in [0.1, 0.15) is 6.04 Å². The van der Waals surface area contributed by atoms with Gasteiger partial charge in [-0.25, -0.2) is 0 Å². The fourth-order valence-electron chi connectivity index (χ4n) is 2.83. The number of carbonyl (C=O) groups is 1. The van der Waals surface area contributed by atoms with Crippen LogP contribution in [-0.2, 0) is 4.79 Å². The quantitative estimate of drug-likeness (QED) is 0.857. The molecule has 1 atom stereocenters. The fraction of sp³-hybridized carbons (Fsp3) is 0.467. The number of likely N-dealkylation sites (N-methyl/N-ethyl adjacent to an activating group) is 1. The Kier molecular flexibility index (Phi) is 3.87. The largest absolute Gasteiger partial charge is 0.367 e. The molecule has 1 aromatic carbocycles. The summed E-state index contributed by atoms with van der Waals surface area (Å²) in [7, 11) is 1.78. The van der Waals surface area contributed by atoms with E-state index in [0.717, 1.165) is 28.0 Å². The Morgan fingerprint density at radius 1 is 1.52 bits per heavy atom. The number of benzene rings is 1. The van der Waals surface area contributed by atoms with Crippen molar-refractivity contribution in [1.29, 1.82) is 5.26 Å². The number of anilines is 2. The van der Waals surface area contributed by atoms with Crippen molar-refractivity contribution in [2.45, 2.75) is 31.3 Å². The monoisotopic (exact) mass is 348 g/mol. The second kappa shape index (κ2) is 5.66. The molecule has 110 valence electrons. The second-order valence-electron chi connectivity index (χ2n) is 5.43. The minimum Gasteiger partial charge on any atom is -0.367 e. The van der Waals surface area contributed by atoms with E-state index < -0.39 is 0 Å². The molecule has 6 heteroatoms. The van der Waals surface area contributed by atoms with Gasteiger partial charge >= 0.3 is 0 Å². The Hall–Kier alpha value is -1.58. The van der Waals surface area contributed by atoms with Gasteiger partial charge < -0.3 is 15.5 Å². The predicted octanol–water partition coefficient (Wildman–Crippen LogP) is 2.54. The van der Waals surface area contributed by atoms with Crippen LogP contribution in [0.25, 0.3) is 0 Å². The first kappa shape index (κ1) is 14.4. The first-order valence-electron chi connectivity index (χ1n) is 7.11. The van der Waals surface area contributed by atoms with E-state index in [1.165, 1.54) is 12.8 Å². The smallest absolute Gasteiger partial charge is 0.246 e. The average Bonchev–Trinajstić information content (AvgIpc) is 3.24. The van der Waals surface area contributed by atoms with Crippen molar-refractivity contribution in [1.82, 2.24) is 5.32 Å². The van der Waals surface area contributed by atoms with Crippen molar-refractivity contribution in [3.05, 3.63) is 22.2 Å². The van der Waals surface area contributed by atoms with Crippen molar-refractivity contribution >= 4 is 33.2 Å². The van der Waals surface area contributed by atoms with Crippen LogP contribution < -0.4 is 15.5 Å². The standard InChI is InChI=1S/C15H17BrN4O/c1-18-14-10-7-11(16)13(8-12(10)19-15(14)21)20(6-2-5-17)9-3-4-9/h7-9,14,18H,2-4,6H2,1H3,(H,19,21). The topological polar surface area (TPSA) is 68.2 Å². The summed E-state index contributed by atoms with van der Waals surface area (Å²) in [5, 5.41) is 14.8. The van der Waals surface area contributed by atoms with E-state index in [1.807, 2.05) is 12.1 Å². The molecule has 3 rings (SSSR count). The van der Waals surface area contributed by atoms with Gasteiger partial charge in [-0.1, -0.05) is 0 Å². The summed E-state index contributed by atoms with van der Waals surface area (Å²) >= 11 is 3.62. The number of rotatable bonds is 5. The molecule has 1 unspecified atom stereocenters. The summed E-state index contributed by atoms with van der Waals surface area (Å²) in [4.78, 5) is 14.2. The highest BCUT2D eigenvalue weighted by Crippen LogP contribution is 2.42. The maximum absolute atomic E-state index is 11.9. The molecule has 1 amide bonds. The van der Waals surface area contributed by atoms with Crippen molar-refractivity contribution in [3.8, 4) is 6.07 Å². The number of nitrogens with zero attached hydrogens (tertiary/aromatic N) is 2. The Morgan fingerprint density at radius 3 is 2.90 bits per heavy atom. The zero-order valence-electron chi connectivity index (χ0n) is 11.8. The van der Waals surface area contributed by atoms with Crippen LogP contribution >= 0.6 is 15.9 Å². The predicted molar refractivity (Wildman–Crippen MR) is 85.2 cm³/mol. The van der Waals surface area contributed by atoms with E-state index >= 15 is 0 Å². The number of nitrogens with one attached hydrogen (secondary N) is 2. The van der Waals surface area contributed by atoms with Gasteiger partial charge in [0.15, 0.2) is 0 Å². The van der Waals surface area contributed by atoms with Crippen molar-refractivity contribution in [3.63, 3.8) is 0 Å². The molecule has 5 nitrogen and oxygen atoms in total. The van der Waals surface area contributed by atoms with E-state index in [0.29, 0.717) is 12.5 Å². The molecule has 1 aromatic rings. The van der Waals surface area contributed by atoms with Gasteiger partial charge in [-0.3, -0.25) is 4.79 Å². The van der Waals surface area contributed by atoms with Crippen LogP contribution in [-0.4, -0.2) is 25.5 Å². The van der Waals surface area contributed by atoms with E-state index in [-0.39, 0.29) is 11.9 Å². The number of nitriles is 1. The zero-order valence-corrected chi connectivity index (χ0v) is 13.4. The van der Waals surface area contributed by atoms with Gasteiger partial charge in [-0.2, -0.15) is 5.26 Å². The minimum absolute atomic E-state index is 0.0217. The summed E-state index contributed by atoms with van der Waals surface area (Å²) in [5.41, 5.74) is 2.89. The zero-order chi connectivity index (χ0) is 15.0. The number of hydrogen-bond donors (Lipinski definition) is 2. The van der Waals surface area contributed by atoms with Crippen LogP contribution in [0.2, 0.25) is 0 Å². The summed E-state index contributed by atoms with van der Waals surface area (Å²) < 4.78 is 0.975. The van der Waals surface area contributed by atoms with Gasteiger partial charge in [-0.15, -0.1) is 0 Å². The number of amides is 1. The number of carbonyl (C=O) groups excluding carboxylic acids is 1. The molecule has 0 bridgehead atoms. The third-order valence-corrected chi connectivity index (χ3v) is 4.64. The normalized spacial score (nSPS) is 19.9. The highest BCUT2D eigenvalue weighted by molar-refractivity contribution is 9.10. The second-order valence-corrected chi connectivity index (χ2v) is 6.29. The highest BCUT2D eigenvalue weighted by atomic mass is 79.9. The molecule has 0 spiro atoms. The molecule has 0 radical (unpaired) electrons. The van der Waals surface area contributed by atoms with Gasteiger partial charge in [0.05, 0.1) is 18.2 Å². The van der Waals surface area contributed by atoms with Gasteiger partial charge in [0.25, 0.3) is 0 Å². The summed E-state index contributed by atoms with van der Waals surface area (Å²) in [6, 6.07) is 6.46. The summed E-state index contributed by atoms with van der Waals surface area (Å²) in [5.74, 6) is -0.0217. The van der Waals surface area contributed by atoms with Crippen molar-refractivity contribution < 1.29 is 4.79 Å². The van der Waals surface area contributed by atoms with Crippen LogP contribution in [0.4, 0.5) is 11.4 Å². The lowest BCUT2D eigenvalue weighted by molar-refractivity contribution is -0.117. The number of fused-ring (bicyclic) bond motifs is 1. The van der Waals surface area contributed by atoms with Crippen LogP contribution in [0.15, 0.2) is 16.6 Å². The molecule has 1 aliphatic carbocycles. The summed E-state index contributed by atoms with van der Waals surface area (Å²) in [6.45, 7) is 0.724. The Balaban J connectivity index is 1.95. The average molecular weight is 349 g/mol. The van der Waals surface area contributed by atoms with Crippen molar-refractivity contribution in [2.75, 3.05) is 23.8 Å². The molecule has 1 aliphatic heterocycles. The van der Waals surface area contributed by atoms with E-state index in [9.17, 15) is 4.79 Å². The Labute approximate surface area is 132 Å². The number of halogens is 1. The molecule has 21 heavy (non-hydrogen) atoms. The molecule has 1 heterocycles. The maximum atomic E-state index is 11.9. The third-order valence-electron chi connectivity index (χ3n) is 4.00. The van der Waals surface area contributed by atoms with E-state index in [1.54, 1.807) is 7.05 Å². The molecule has 2 aliphatic rings. The lowest BCUT2D eigenvalue weighted by Gasteiger charge is -2.25. The molecular formula is C15H17BrN4O. The number of hydrogen-bond acceptors (Lipinski definition) is 4. The molecule has 2 N–H and O–H groups in total. The third kappa shape index (κ3) is 2.63. The van der Waals surface area contributed by atoms with Crippen LogP contribution in [0.5, 0.6) is 0 Å². The first-order chi connectivity index (χ1) is 10.2. The molecule has 0 saturated heterocycles. The maximum Gasteiger partial charge on any atom is 0.246 e. The van der Waals surface area contributed by atoms with Gasteiger partial charge in [-0.05, 0) is 48.0 Å².